The summed E-state index contributed by atoms with van der Waals surface area (Å²) >= 11 is 0. The highest BCUT2D eigenvalue weighted by Crippen LogP contribution is 2.17. The van der Waals surface area contributed by atoms with Gasteiger partial charge in [0.15, 0.2) is 0 Å². The smallest absolute Gasteiger partial charge is 0.126 e. The van der Waals surface area contributed by atoms with Crippen LogP contribution < -0.4 is 14.8 Å². The molecule has 2 N–H and O–H groups in total. The molecule has 0 aromatic heterocycles. The molecule has 1 atom stereocenters. The minimum Gasteiger partial charge on any atom is -0.497 e. The molecule has 0 spiro atoms. The summed E-state index contributed by atoms with van der Waals surface area (Å²) in [6, 6.07) is 13.8. The van der Waals surface area contributed by atoms with Gasteiger partial charge in [0.2, 0.25) is 0 Å². The number of halogens is 1. The highest BCUT2D eigenvalue weighted by molar-refractivity contribution is 5.28. The largest absolute Gasteiger partial charge is 0.497 e. The second-order valence-corrected chi connectivity index (χ2v) is 6.71. The Morgan fingerprint density at radius 1 is 1.12 bits per heavy atom. The first-order valence-corrected chi connectivity index (χ1v) is 8.32. The topological polar surface area (TPSA) is 50.7 Å². The minimum absolute atomic E-state index is 0.106. The molecule has 25 heavy (non-hydrogen) atoms. The maximum Gasteiger partial charge on any atom is 0.126 e. The van der Waals surface area contributed by atoms with Crippen molar-refractivity contribution in [2.45, 2.75) is 31.9 Å². The van der Waals surface area contributed by atoms with E-state index in [4.69, 9.17) is 9.47 Å². The van der Waals surface area contributed by atoms with E-state index >= 15 is 0 Å². The van der Waals surface area contributed by atoms with Crippen molar-refractivity contribution in [2.75, 3.05) is 20.3 Å². The van der Waals surface area contributed by atoms with E-state index in [1.807, 2.05) is 24.3 Å². The van der Waals surface area contributed by atoms with Gasteiger partial charge in [0.05, 0.1) is 7.11 Å². The molecule has 0 saturated heterocycles. The molecule has 136 valence electrons. The molecule has 2 rings (SSSR count). The number of aliphatic hydroxyl groups excluding tert-OH is 1. The highest BCUT2D eigenvalue weighted by atomic mass is 19.1. The lowest BCUT2D eigenvalue weighted by molar-refractivity contribution is 0.0987. The monoisotopic (exact) mass is 347 g/mol. The Balaban J connectivity index is 1.77. The lowest BCUT2D eigenvalue weighted by Crippen LogP contribution is -2.46. The van der Waals surface area contributed by atoms with Crippen LogP contribution in [0.4, 0.5) is 4.39 Å². The predicted molar refractivity (Wildman–Crippen MR) is 96.7 cm³/mol. The van der Waals surface area contributed by atoms with Gasteiger partial charge in [-0.15, -0.1) is 0 Å². The SMILES string of the molecule is COc1ccc(CC(C)(C)NCC(O)COc2cccc(F)c2)cc1. The summed E-state index contributed by atoms with van der Waals surface area (Å²) in [7, 11) is 1.65. The van der Waals surface area contributed by atoms with Crippen molar-refractivity contribution in [3.8, 4) is 11.5 Å². The highest BCUT2D eigenvalue weighted by Gasteiger charge is 2.19. The van der Waals surface area contributed by atoms with Crippen LogP contribution in [0, 0.1) is 5.82 Å². The Bertz CT molecular complexity index is 658. The number of hydrogen-bond donors (Lipinski definition) is 2. The zero-order chi connectivity index (χ0) is 18.3. The molecular formula is C20H26FNO3. The summed E-state index contributed by atoms with van der Waals surface area (Å²) in [6.07, 6.45) is 0.132. The molecular weight excluding hydrogens is 321 g/mol. The average Bonchev–Trinajstić information content (AvgIpc) is 2.59. The van der Waals surface area contributed by atoms with Gasteiger partial charge in [-0.2, -0.15) is 0 Å². The van der Waals surface area contributed by atoms with E-state index in [1.165, 1.54) is 17.7 Å². The van der Waals surface area contributed by atoms with Gasteiger partial charge in [-0.1, -0.05) is 18.2 Å². The van der Waals surface area contributed by atoms with E-state index in [1.54, 1.807) is 19.2 Å². The van der Waals surface area contributed by atoms with E-state index < -0.39 is 6.10 Å². The van der Waals surface area contributed by atoms with Crippen LogP contribution in [0.2, 0.25) is 0 Å². The van der Waals surface area contributed by atoms with Crippen LogP contribution in [0.5, 0.6) is 11.5 Å². The van der Waals surface area contributed by atoms with Crippen LogP contribution >= 0.6 is 0 Å². The molecule has 5 heteroatoms. The van der Waals surface area contributed by atoms with E-state index in [-0.39, 0.29) is 18.0 Å². The van der Waals surface area contributed by atoms with Crippen molar-refractivity contribution < 1.29 is 19.0 Å². The molecule has 0 fully saturated rings. The van der Waals surface area contributed by atoms with Gasteiger partial charge in [0.25, 0.3) is 0 Å². The predicted octanol–water partition coefficient (Wildman–Crippen LogP) is 3.18. The van der Waals surface area contributed by atoms with Gasteiger partial charge in [0.1, 0.15) is 30.0 Å². The fraction of sp³-hybridized carbons (Fsp3) is 0.400. The Kier molecular flexibility index (Phi) is 6.79. The van der Waals surface area contributed by atoms with Crippen molar-refractivity contribution in [1.82, 2.24) is 5.32 Å². The fourth-order valence-corrected chi connectivity index (χ4v) is 2.52. The number of rotatable bonds is 9. The number of benzene rings is 2. The molecule has 0 bridgehead atoms. The molecule has 0 heterocycles. The normalized spacial score (nSPS) is 12.7. The van der Waals surface area contributed by atoms with E-state index in [2.05, 4.69) is 19.2 Å². The lowest BCUT2D eigenvalue weighted by Gasteiger charge is -2.28. The van der Waals surface area contributed by atoms with Gasteiger partial charge in [-0.05, 0) is 50.1 Å². The van der Waals surface area contributed by atoms with Gasteiger partial charge in [-0.25, -0.2) is 4.39 Å². The standard InChI is InChI=1S/C20H26FNO3/c1-20(2,12-15-7-9-18(24-3)10-8-15)22-13-17(23)14-25-19-6-4-5-16(21)11-19/h4-11,17,22-23H,12-14H2,1-3H3. The van der Waals surface area contributed by atoms with Gasteiger partial charge < -0.3 is 19.9 Å². The summed E-state index contributed by atoms with van der Waals surface area (Å²) in [6.45, 7) is 4.66. The molecule has 0 aliphatic carbocycles. The van der Waals surface area contributed by atoms with E-state index in [0.717, 1.165) is 12.2 Å². The van der Waals surface area contributed by atoms with Gasteiger partial charge in [0, 0.05) is 18.2 Å². The number of β-amino-alcohol motifs (C(OH)–C–C–N with tert-alkyl or cyclic N) is 1. The first kappa shape index (κ1) is 19.2. The van der Waals surface area contributed by atoms with Gasteiger partial charge >= 0.3 is 0 Å². The van der Waals surface area contributed by atoms with E-state index in [0.29, 0.717) is 12.3 Å². The summed E-state index contributed by atoms with van der Waals surface area (Å²) < 4.78 is 23.7. The molecule has 0 saturated carbocycles. The molecule has 0 radical (unpaired) electrons. The van der Waals surface area contributed by atoms with Crippen LogP contribution in [0.3, 0.4) is 0 Å². The zero-order valence-corrected chi connectivity index (χ0v) is 15.0. The number of ether oxygens (including phenoxy) is 2. The third kappa shape index (κ3) is 6.72. The second kappa shape index (κ2) is 8.83. The number of aliphatic hydroxyl groups is 1. The quantitative estimate of drug-likeness (QED) is 0.731. The summed E-state index contributed by atoms with van der Waals surface area (Å²) in [5.41, 5.74) is 0.998. The molecule has 2 aromatic carbocycles. The van der Waals surface area contributed by atoms with Gasteiger partial charge in [-0.3, -0.25) is 0 Å². The fourth-order valence-electron chi connectivity index (χ4n) is 2.52. The maximum absolute atomic E-state index is 13.1. The Morgan fingerprint density at radius 2 is 1.84 bits per heavy atom. The van der Waals surface area contributed by atoms with Crippen LogP contribution in [0.25, 0.3) is 0 Å². The van der Waals surface area contributed by atoms with Crippen LogP contribution in [0.15, 0.2) is 48.5 Å². The minimum atomic E-state index is -0.682. The molecule has 0 aliphatic rings. The first-order chi connectivity index (χ1) is 11.9. The van der Waals surface area contributed by atoms with Crippen molar-refractivity contribution in [2.24, 2.45) is 0 Å². The van der Waals surface area contributed by atoms with Crippen molar-refractivity contribution in [3.05, 3.63) is 59.9 Å². The number of methoxy groups -OCH3 is 1. The molecule has 4 nitrogen and oxygen atoms in total. The van der Waals surface area contributed by atoms with Crippen LogP contribution in [-0.4, -0.2) is 37.0 Å². The maximum atomic E-state index is 13.1. The van der Waals surface area contributed by atoms with Crippen molar-refractivity contribution >= 4 is 0 Å². The molecule has 1 unspecified atom stereocenters. The summed E-state index contributed by atoms with van der Waals surface area (Å²) in [4.78, 5) is 0. The number of hydrogen-bond acceptors (Lipinski definition) is 4. The summed E-state index contributed by atoms with van der Waals surface area (Å²) in [5.74, 6) is 0.890. The second-order valence-electron chi connectivity index (χ2n) is 6.71. The first-order valence-electron chi connectivity index (χ1n) is 8.32. The van der Waals surface area contributed by atoms with Crippen LogP contribution in [0.1, 0.15) is 19.4 Å². The summed E-state index contributed by atoms with van der Waals surface area (Å²) in [5, 5.41) is 13.4. The van der Waals surface area contributed by atoms with Crippen molar-refractivity contribution in [3.63, 3.8) is 0 Å². The Hall–Kier alpha value is -2.11. The Labute approximate surface area is 148 Å². The molecule has 0 amide bonds. The van der Waals surface area contributed by atoms with Crippen LogP contribution in [-0.2, 0) is 6.42 Å². The van der Waals surface area contributed by atoms with Crippen molar-refractivity contribution in [1.29, 1.82) is 0 Å². The van der Waals surface area contributed by atoms with E-state index in [9.17, 15) is 9.50 Å². The average molecular weight is 347 g/mol. The third-order valence-corrected chi connectivity index (χ3v) is 3.86. The third-order valence-electron chi connectivity index (χ3n) is 3.86. The lowest BCUT2D eigenvalue weighted by atomic mass is 9.94. The molecule has 2 aromatic rings. The Morgan fingerprint density at radius 3 is 2.48 bits per heavy atom. The zero-order valence-electron chi connectivity index (χ0n) is 15.0. The number of nitrogens with one attached hydrogen (secondary N) is 1. The molecule has 0 aliphatic heterocycles.